The van der Waals surface area contributed by atoms with Crippen molar-refractivity contribution in [3.05, 3.63) is 29.8 Å². The molecule has 19 heavy (non-hydrogen) atoms. The van der Waals surface area contributed by atoms with E-state index in [9.17, 15) is 9.59 Å². The molecule has 1 fully saturated rings. The number of likely N-dealkylation sites (tertiary alicyclic amines) is 1. The number of rotatable bonds is 2. The number of hydrogen-bond acceptors (Lipinski definition) is 3. The Kier molecular flexibility index (Phi) is 4.04. The summed E-state index contributed by atoms with van der Waals surface area (Å²) in [6, 6.07) is 7.08. The van der Waals surface area contributed by atoms with Gasteiger partial charge in [0.1, 0.15) is 0 Å². The SMILES string of the molecule is CNC(=O)C1CCN(C(=O)c2ccccc2N)CC1. The number of hydrogen-bond donors (Lipinski definition) is 2. The summed E-state index contributed by atoms with van der Waals surface area (Å²) in [5.74, 6) is 0.0296. The lowest BCUT2D eigenvalue weighted by Gasteiger charge is -2.31. The number of carbonyl (C=O) groups excluding carboxylic acids is 2. The van der Waals surface area contributed by atoms with Crippen molar-refractivity contribution in [3.8, 4) is 0 Å². The van der Waals surface area contributed by atoms with Gasteiger partial charge in [0.05, 0.1) is 5.56 Å². The lowest BCUT2D eigenvalue weighted by molar-refractivity contribution is -0.125. The molecule has 0 radical (unpaired) electrons. The van der Waals surface area contributed by atoms with Crippen LogP contribution in [-0.4, -0.2) is 36.9 Å². The van der Waals surface area contributed by atoms with Crippen LogP contribution in [0.2, 0.25) is 0 Å². The number of nitrogens with two attached hydrogens (primary N) is 1. The quantitative estimate of drug-likeness (QED) is 0.776. The molecule has 0 spiro atoms. The number of nitrogens with one attached hydrogen (secondary N) is 1. The zero-order valence-electron chi connectivity index (χ0n) is 11.1. The first-order chi connectivity index (χ1) is 9.13. The fourth-order valence-electron chi connectivity index (χ4n) is 2.41. The van der Waals surface area contributed by atoms with Gasteiger partial charge in [0.25, 0.3) is 5.91 Å². The molecule has 0 unspecified atom stereocenters. The highest BCUT2D eigenvalue weighted by molar-refractivity contribution is 5.99. The van der Waals surface area contributed by atoms with E-state index in [1.807, 2.05) is 6.07 Å². The van der Waals surface area contributed by atoms with Crippen molar-refractivity contribution in [2.45, 2.75) is 12.8 Å². The van der Waals surface area contributed by atoms with Gasteiger partial charge in [0, 0.05) is 31.7 Å². The van der Waals surface area contributed by atoms with Crippen molar-refractivity contribution in [2.24, 2.45) is 5.92 Å². The van der Waals surface area contributed by atoms with Gasteiger partial charge in [-0.3, -0.25) is 9.59 Å². The zero-order valence-corrected chi connectivity index (χ0v) is 11.1. The minimum atomic E-state index is -0.0477. The largest absolute Gasteiger partial charge is 0.398 e. The highest BCUT2D eigenvalue weighted by Crippen LogP contribution is 2.21. The van der Waals surface area contributed by atoms with E-state index in [1.165, 1.54) is 0 Å². The lowest BCUT2D eigenvalue weighted by atomic mass is 9.95. The van der Waals surface area contributed by atoms with Gasteiger partial charge in [-0.2, -0.15) is 0 Å². The molecule has 102 valence electrons. The minimum absolute atomic E-state index is 0.0159. The Morgan fingerprint density at radius 2 is 1.89 bits per heavy atom. The summed E-state index contributed by atoms with van der Waals surface area (Å²) in [5, 5.41) is 2.66. The second-order valence-electron chi connectivity index (χ2n) is 4.77. The number of para-hydroxylation sites is 1. The topological polar surface area (TPSA) is 75.4 Å². The van der Waals surface area contributed by atoms with E-state index in [4.69, 9.17) is 5.73 Å². The molecule has 2 rings (SSSR count). The Bertz CT molecular complexity index is 479. The molecule has 0 saturated carbocycles. The fraction of sp³-hybridized carbons (Fsp3) is 0.429. The van der Waals surface area contributed by atoms with E-state index >= 15 is 0 Å². The number of benzene rings is 1. The van der Waals surface area contributed by atoms with Crippen molar-refractivity contribution >= 4 is 17.5 Å². The second-order valence-corrected chi connectivity index (χ2v) is 4.77. The average molecular weight is 261 g/mol. The minimum Gasteiger partial charge on any atom is -0.398 e. The monoisotopic (exact) mass is 261 g/mol. The summed E-state index contributed by atoms with van der Waals surface area (Å²) in [7, 11) is 1.64. The van der Waals surface area contributed by atoms with Crippen LogP contribution in [0.1, 0.15) is 23.2 Å². The molecule has 1 aromatic rings. The van der Waals surface area contributed by atoms with Crippen molar-refractivity contribution in [2.75, 3.05) is 25.9 Å². The van der Waals surface area contributed by atoms with Crippen LogP contribution in [0, 0.1) is 5.92 Å². The Hall–Kier alpha value is -2.04. The van der Waals surface area contributed by atoms with E-state index in [-0.39, 0.29) is 17.7 Å². The van der Waals surface area contributed by atoms with Crippen molar-refractivity contribution in [1.29, 1.82) is 0 Å². The third-order valence-electron chi connectivity index (χ3n) is 3.59. The van der Waals surface area contributed by atoms with Crippen LogP contribution in [0.4, 0.5) is 5.69 Å². The third kappa shape index (κ3) is 2.86. The summed E-state index contributed by atoms with van der Waals surface area (Å²) in [5.41, 5.74) is 6.86. The third-order valence-corrected chi connectivity index (χ3v) is 3.59. The van der Waals surface area contributed by atoms with Gasteiger partial charge in [-0.1, -0.05) is 12.1 Å². The maximum Gasteiger partial charge on any atom is 0.255 e. The average Bonchev–Trinajstić information content (AvgIpc) is 2.46. The predicted octanol–water partition coefficient (Wildman–Crippen LogP) is 0.867. The Balaban J connectivity index is 2.00. The van der Waals surface area contributed by atoms with E-state index in [2.05, 4.69) is 5.32 Å². The van der Waals surface area contributed by atoms with Gasteiger partial charge in [-0.15, -0.1) is 0 Å². The molecule has 5 nitrogen and oxygen atoms in total. The van der Waals surface area contributed by atoms with Gasteiger partial charge in [0.15, 0.2) is 0 Å². The van der Waals surface area contributed by atoms with Crippen LogP contribution in [-0.2, 0) is 4.79 Å². The lowest BCUT2D eigenvalue weighted by Crippen LogP contribution is -2.42. The van der Waals surface area contributed by atoms with Gasteiger partial charge in [0.2, 0.25) is 5.91 Å². The van der Waals surface area contributed by atoms with Crippen LogP contribution >= 0.6 is 0 Å². The number of piperidine rings is 1. The zero-order chi connectivity index (χ0) is 13.8. The van der Waals surface area contributed by atoms with Crippen LogP contribution < -0.4 is 11.1 Å². The predicted molar refractivity (Wildman–Crippen MR) is 73.5 cm³/mol. The molecule has 0 atom stereocenters. The van der Waals surface area contributed by atoms with Crippen LogP contribution in [0.3, 0.4) is 0 Å². The van der Waals surface area contributed by atoms with Gasteiger partial charge in [-0.25, -0.2) is 0 Å². The molecule has 0 aliphatic carbocycles. The number of carbonyl (C=O) groups is 2. The van der Waals surface area contributed by atoms with E-state index < -0.39 is 0 Å². The number of nitrogen functional groups attached to an aromatic ring is 1. The van der Waals surface area contributed by atoms with Gasteiger partial charge in [-0.05, 0) is 25.0 Å². The first-order valence-electron chi connectivity index (χ1n) is 6.49. The van der Waals surface area contributed by atoms with Crippen LogP contribution in [0.15, 0.2) is 24.3 Å². The number of nitrogens with zero attached hydrogens (tertiary/aromatic N) is 1. The molecule has 3 N–H and O–H groups in total. The van der Waals surface area contributed by atoms with Crippen molar-refractivity contribution in [1.82, 2.24) is 10.2 Å². The molecule has 0 bridgehead atoms. The fourth-order valence-corrected chi connectivity index (χ4v) is 2.41. The molecule has 0 aromatic heterocycles. The number of amides is 2. The molecular formula is C14H19N3O2. The molecular weight excluding hydrogens is 242 g/mol. The van der Waals surface area contributed by atoms with Crippen molar-refractivity contribution < 1.29 is 9.59 Å². The van der Waals surface area contributed by atoms with Crippen molar-refractivity contribution in [3.63, 3.8) is 0 Å². The summed E-state index contributed by atoms with van der Waals surface area (Å²) in [6.07, 6.45) is 1.41. The highest BCUT2D eigenvalue weighted by Gasteiger charge is 2.27. The Morgan fingerprint density at radius 3 is 2.47 bits per heavy atom. The van der Waals surface area contributed by atoms with Crippen LogP contribution in [0.5, 0.6) is 0 Å². The Labute approximate surface area is 112 Å². The second kappa shape index (κ2) is 5.73. The van der Waals surface area contributed by atoms with E-state index in [1.54, 1.807) is 30.1 Å². The summed E-state index contributed by atoms with van der Waals surface area (Å²) < 4.78 is 0. The highest BCUT2D eigenvalue weighted by atomic mass is 16.2. The summed E-state index contributed by atoms with van der Waals surface area (Å²) >= 11 is 0. The molecule has 2 amide bonds. The summed E-state index contributed by atoms with van der Waals surface area (Å²) in [4.78, 5) is 25.6. The molecule has 1 aromatic carbocycles. The Morgan fingerprint density at radius 1 is 1.26 bits per heavy atom. The first kappa shape index (κ1) is 13.4. The molecule has 1 aliphatic heterocycles. The van der Waals surface area contributed by atoms with Gasteiger partial charge < -0.3 is 16.0 Å². The molecule has 5 heteroatoms. The number of anilines is 1. The maximum atomic E-state index is 12.3. The smallest absolute Gasteiger partial charge is 0.255 e. The first-order valence-corrected chi connectivity index (χ1v) is 6.49. The molecule has 1 heterocycles. The van der Waals surface area contributed by atoms with Crippen LogP contribution in [0.25, 0.3) is 0 Å². The van der Waals surface area contributed by atoms with Gasteiger partial charge >= 0.3 is 0 Å². The normalized spacial score (nSPS) is 16.2. The maximum absolute atomic E-state index is 12.3. The summed E-state index contributed by atoms with van der Waals surface area (Å²) in [6.45, 7) is 1.20. The van der Waals surface area contributed by atoms with E-state index in [0.717, 1.165) is 0 Å². The molecule has 1 saturated heterocycles. The van der Waals surface area contributed by atoms with E-state index in [0.29, 0.717) is 37.2 Å². The standard InChI is InChI=1S/C14H19N3O2/c1-16-13(18)10-6-8-17(9-7-10)14(19)11-4-2-3-5-12(11)15/h2-5,10H,6-9,15H2,1H3,(H,16,18). The molecule has 1 aliphatic rings.